The minimum atomic E-state index is -3.55. The van der Waals surface area contributed by atoms with Gasteiger partial charge in [0.25, 0.3) is 5.92 Å². The third-order valence-corrected chi connectivity index (χ3v) is 1.96. The Morgan fingerprint density at radius 2 is 2.06 bits per heavy atom. The normalized spacial score (nSPS) is 11.6. The zero-order chi connectivity index (χ0) is 12.5. The summed E-state index contributed by atoms with van der Waals surface area (Å²) in [6.45, 7) is -0.242. The molecule has 0 aliphatic heterocycles. The number of nitrogens with zero attached hydrogens (tertiary/aromatic N) is 1. The van der Waals surface area contributed by atoms with Crippen molar-refractivity contribution in [1.29, 1.82) is 0 Å². The van der Waals surface area contributed by atoms with E-state index in [1.165, 1.54) is 0 Å². The van der Waals surface area contributed by atoms with Crippen LogP contribution in [0.5, 0.6) is 0 Å². The fourth-order valence-corrected chi connectivity index (χ4v) is 1.27. The second-order valence-corrected chi connectivity index (χ2v) is 3.28. The lowest BCUT2D eigenvalue weighted by Crippen LogP contribution is -2.12. The molecule has 0 bridgehead atoms. The van der Waals surface area contributed by atoms with Gasteiger partial charge in [0.05, 0.1) is 11.5 Å². The molecule has 0 aromatic heterocycles. The topological polar surface area (TPSA) is 63.4 Å². The molecule has 1 N–H and O–H groups in total. The molecule has 0 unspecified atom stereocenters. The van der Waals surface area contributed by atoms with Gasteiger partial charge in [-0.2, -0.15) is 4.39 Å². The smallest absolute Gasteiger partial charge is 0.313 e. The fraction of sp³-hybridized carbons (Fsp3) is 0.333. The Morgan fingerprint density at radius 3 is 2.44 bits per heavy atom. The third-order valence-electron chi connectivity index (χ3n) is 1.96. The van der Waals surface area contributed by atoms with Crippen molar-refractivity contribution in [2.75, 3.05) is 0 Å². The van der Waals surface area contributed by atoms with E-state index >= 15 is 0 Å². The van der Waals surface area contributed by atoms with E-state index in [0.29, 0.717) is 13.0 Å². The summed E-state index contributed by atoms with van der Waals surface area (Å²) in [5.41, 5.74) is -2.44. The molecule has 1 rings (SSSR count). The first-order chi connectivity index (χ1) is 7.27. The number of hydrogen-bond donors (Lipinski definition) is 1. The number of benzene rings is 1. The van der Waals surface area contributed by atoms with Gasteiger partial charge in [-0.15, -0.1) is 0 Å². The average molecular weight is 235 g/mol. The molecule has 0 aliphatic rings. The zero-order valence-electron chi connectivity index (χ0n) is 8.21. The number of halogens is 3. The zero-order valence-corrected chi connectivity index (χ0v) is 8.21. The van der Waals surface area contributed by atoms with Gasteiger partial charge >= 0.3 is 5.69 Å². The summed E-state index contributed by atoms with van der Waals surface area (Å²) in [5, 5.41) is 19.2. The molecular formula is C9H8F3NO3. The molecule has 88 valence electrons. The highest BCUT2D eigenvalue weighted by Crippen LogP contribution is 2.36. The number of hydrogen-bond acceptors (Lipinski definition) is 3. The predicted octanol–water partition coefficient (Wildman–Crippen LogP) is 2.34. The highest BCUT2D eigenvalue weighted by atomic mass is 19.3. The van der Waals surface area contributed by atoms with Crippen LogP contribution in [0, 0.1) is 15.9 Å². The number of rotatable bonds is 3. The predicted molar refractivity (Wildman–Crippen MR) is 48.5 cm³/mol. The number of nitro groups is 1. The molecule has 0 atom stereocenters. The Labute approximate surface area is 88.5 Å². The van der Waals surface area contributed by atoms with Gasteiger partial charge in [-0.1, -0.05) is 0 Å². The summed E-state index contributed by atoms with van der Waals surface area (Å²) in [6.07, 6.45) is 0. The highest BCUT2D eigenvalue weighted by molar-refractivity contribution is 5.46. The largest absolute Gasteiger partial charge is 0.392 e. The van der Waals surface area contributed by atoms with Gasteiger partial charge in [0.1, 0.15) is 5.56 Å². The molecule has 0 aliphatic carbocycles. The maximum atomic E-state index is 13.2. The molecule has 0 radical (unpaired) electrons. The van der Waals surface area contributed by atoms with Crippen molar-refractivity contribution in [1.82, 2.24) is 0 Å². The van der Waals surface area contributed by atoms with E-state index in [1.54, 1.807) is 0 Å². The fourth-order valence-electron chi connectivity index (χ4n) is 1.27. The minimum Gasteiger partial charge on any atom is -0.392 e. The second kappa shape index (κ2) is 4.09. The summed E-state index contributed by atoms with van der Waals surface area (Å²) in [7, 11) is 0. The standard InChI is InChI=1S/C9H8F3NO3/c1-9(11,12)6-2-5(4-14)3-7(10)8(6)13(15)16/h2-3,14H,4H2,1H3. The molecule has 1 aromatic carbocycles. The summed E-state index contributed by atoms with van der Waals surface area (Å²) < 4.78 is 39.2. The van der Waals surface area contributed by atoms with Crippen LogP contribution in [0.4, 0.5) is 18.9 Å². The van der Waals surface area contributed by atoms with Crippen LogP contribution < -0.4 is 0 Å². The van der Waals surface area contributed by atoms with Crippen molar-refractivity contribution in [3.8, 4) is 0 Å². The maximum absolute atomic E-state index is 13.2. The van der Waals surface area contributed by atoms with Crippen LogP contribution in [-0.2, 0) is 12.5 Å². The molecule has 7 heteroatoms. The van der Waals surface area contributed by atoms with Crippen LogP contribution in [0.1, 0.15) is 18.1 Å². The Bertz CT molecular complexity index is 429. The van der Waals surface area contributed by atoms with E-state index in [1.807, 2.05) is 0 Å². The molecule has 0 saturated carbocycles. The lowest BCUT2D eigenvalue weighted by molar-refractivity contribution is -0.389. The van der Waals surface area contributed by atoms with Crippen LogP contribution in [0.3, 0.4) is 0 Å². The molecule has 0 amide bonds. The second-order valence-electron chi connectivity index (χ2n) is 3.28. The molecule has 0 fully saturated rings. The summed E-state index contributed by atoms with van der Waals surface area (Å²) in [4.78, 5) is 9.25. The number of nitro benzene ring substituents is 1. The van der Waals surface area contributed by atoms with E-state index in [4.69, 9.17) is 5.11 Å². The molecular weight excluding hydrogens is 227 g/mol. The Kier molecular flexibility index (Phi) is 3.18. The lowest BCUT2D eigenvalue weighted by Gasteiger charge is -2.12. The number of aliphatic hydroxyl groups excluding tert-OH is 1. The van der Waals surface area contributed by atoms with Crippen molar-refractivity contribution in [2.45, 2.75) is 19.5 Å². The van der Waals surface area contributed by atoms with E-state index < -0.39 is 34.5 Å². The van der Waals surface area contributed by atoms with E-state index in [-0.39, 0.29) is 5.56 Å². The molecule has 0 spiro atoms. The molecule has 16 heavy (non-hydrogen) atoms. The monoisotopic (exact) mass is 235 g/mol. The van der Waals surface area contributed by atoms with Crippen molar-refractivity contribution in [3.05, 3.63) is 39.2 Å². The molecule has 0 heterocycles. The first-order valence-corrected chi connectivity index (χ1v) is 4.23. The van der Waals surface area contributed by atoms with Crippen molar-refractivity contribution >= 4 is 5.69 Å². The first kappa shape index (κ1) is 12.4. The van der Waals surface area contributed by atoms with Crippen molar-refractivity contribution < 1.29 is 23.2 Å². The summed E-state index contributed by atoms with van der Waals surface area (Å²) in [6, 6.07) is 1.38. The van der Waals surface area contributed by atoms with Crippen LogP contribution in [0.15, 0.2) is 12.1 Å². The number of aliphatic hydroxyl groups is 1. The van der Waals surface area contributed by atoms with Gasteiger partial charge < -0.3 is 5.11 Å². The van der Waals surface area contributed by atoms with E-state index in [0.717, 1.165) is 6.07 Å². The van der Waals surface area contributed by atoms with Crippen LogP contribution >= 0.6 is 0 Å². The Morgan fingerprint density at radius 1 is 1.50 bits per heavy atom. The van der Waals surface area contributed by atoms with E-state index in [9.17, 15) is 23.3 Å². The van der Waals surface area contributed by atoms with Crippen molar-refractivity contribution in [2.24, 2.45) is 0 Å². The highest BCUT2D eigenvalue weighted by Gasteiger charge is 2.36. The van der Waals surface area contributed by atoms with Gasteiger partial charge in [-0.3, -0.25) is 10.1 Å². The molecule has 4 nitrogen and oxygen atoms in total. The van der Waals surface area contributed by atoms with Crippen LogP contribution in [0.25, 0.3) is 0 Å². The van der Waals surface area contributed by atoms with E-state index in [2.05, 4.69) is 0 Å². The first-order valence-electron chi connectivity index (χ1n) is 4.23. The van der Waals surface area contributed by atoms with Gasteiger partial charge in [0.2, 0.25) is 5.82 Å². The molecule has 1 aromatic rings. The van der Waals surface area contributed by atoms with Crippen LogP contribution in [0.2, 0.25) is 0 Å². The minimum absolute atomic E-state index is 0.139. The average Bonchev–Trinajstić information content (AvgIpc) is 2.14. The summed E-state index contributed by atoms with van der Waals surface area (Å²) >= 11 is 0. The third kappa shape index (κ3) is 2.30. The van der Waals surface area contributed by atoms with Gasteiger partial charge in [-0.25, -0.2) is 8.78 Å². The van der Waals surface area contributed by atoms with Gasteiger partial charge in [0, 0.05) is 6.92 Å². The molecule has 0 saturated heterocycles. The Balaban J connectivity index is 3.53. The lowest BCUT2D eigenvalue weighted by atomic mass is 10.0. The maximum Gasteiger partial charge on any atom is 0.313 e. The quantitative estimate of drug-likeness (QED) is 0.646. The number of alkyl halides is 2. The van der Waals surface area contributed by atoms with Crippen molar-refractivity contribution in [3.63, 3.8) is 0 Å². The van der Waals surface area contributed by atoms with Crippen LogP contribution in [-0.4, -0.2) is 10.0 Å². The summed E-state index contributed by atoms with van der Waals surface area (Å²) in [5.74, 6) is -4.93. The Hall–Kier alpha value is -1.63. The van der Waals surface area contributed by atoms with Gasteiger partial charge in [0.15, 0.2) is 0 Å². The van der Waals surface area contributed by atoms with Gasteiger partial charge in [-0.05, 0) is 17.7 Å². The SMILES string of the molecule is CC(F)(F)c1cc(CO)cc(F)c1[N+](=O)[O-].